The third-order valence-electron chi connectivity index (χ3n) is 5.84. The molecule has 5 rings (SSSR count). The van der Waals surface area contributed by atoms with E-state index in [1.807, 2.05) is 12.1 Å². The lowest BCUT2D eigenvalue weighted by molar-refractivity contribution is 1.28. The average molecular weight is 427 g/mol. The minimum Gasteiger partial charge on any atom is -0.399 e. The Bertz CT molecular complexity index is 1320. The smallest absolute Gasteiger partial charge is 0.0468 e. The van der Waals surface area contributed by atoms with Crippen LogP contribution in [0.15, 0.2) is 127 Å². The van der Waals surface area contributed by atoms with Crippen molar-refractivity contribution < 1.29 is 0 Å². The van der Waals surface area contributed by atoms with E-state index in [2.05, 4.69) is 127 Å². The number of anilines is 4. The second-order valence-electron chi connectivity index (χ2n) is 8.23. The summed E-state index contributed by atoms with van der Waals surface area (Å²) < 4.78 is 0. The van der Waals surface area contributed by atoms with E-state index in [-0.39, 0.29) is 0 Å². The van der Waals surface area contributed by atoms with Crippen molar-refractivity contribution in [2.75, 3.05) is 10.6 Å². The van der Waals surface area contributed by atoms with E-state index in [0.717, 1.165) is 28.3 Å². The molecule has 33 heavy (non-hydrogen) atoms. The van der Waals surface area contributed by atoms with Crippen molar-refractivity contribution >= 4 is 22.7 Å². The van der Waals surface area contributed by atoms with E-state index in [1.54, 1.807) is 0 Å². The number of aryl methyl sites for hydroxylation is 1. The summed E-state index contributed by atoms with van der Waals surface area (Å²) in [6.07, 6.45) is 0. The van der Waals surface area contributed by atoms with Gasteiger partial charge in [0.05, 0.1) is 0 Å². The maximum absolute atomic E-state index is 5.96. The molecule has 0 amide bonds. The van der Waals surface area contributed by atoms with Crippen molar-refractivity contribution in [1.82, 2.24) is 0 Å². The Morgan fingerprint density at radius 2 is 1.12 bits per heavy atom. The molecular weight excluding hydrogens is 400 g/mol. The number of hydrogen-bond donors (Lipinski definition) is 1. The summed E-state index contributed by atoms with van der Waals surface area (Å²) in [6, 6.07) is 44.5. The first-order valence-electron chi connectivity index (χ1n) is 11.2. The summed E-state index contributed by atoms with van der Waals surface area (Å²) >= 11 is 0. The fourth-order valence-corrected chi connectivity index (χ4v) is 4.24. The Labute approximate surface area is 195 Å². The Kier molecular flexibility index (Phi) is 5.65. The van der Waals surface area contributed by atoms with Gasteiger partial charge < -0.3 is 10.6 Å². The maximum atomic E-state index is 5.96. The zero-order chi connectivity index (χ0) is 22.6. The van der Waals surface area contributed by atoms with Crippen LogP contribution in [0, 0.1) is 6.92 Å². The second kappa shape index (κ2) is 9.05. The molecule has 0 bridgehead atoms. The number of hydrogen-bond acceptors (Lipinski definition) is 2. The normalized spacial score (nSPS) is 10.7. The minimum absolute atomic E-state index is 0.770. The summed E-state index contributed by atoms with van der Waals surface area (Å²) in [5, 5.41) is 0. The van der Waals surface area contributed by atoms with Crippen molar-refractivity contribution in [3.05, 3.63) is 133 Å². The Balaban J connectivity index is 1.72. The predicted molar refractivity (Wildman–Crippen MR) is 141 cm³/mol. The molecule has 160 valence electrons. The summed E-state index contributed by atoms with van der Waals surface area (Å²) in [6.45, 7) is 2.14. The quantitative estimate of drug-likeness (QED) is 0.286. The molecule has 0 heterocycles. The summed E-state index contributed by atoms with van der Waals surface area (Å²) in [5.74, 6) is 0. The van der Waals surface area contributed by atoms with Gasteiger partial charge in [-0.05, 0) is 77.7 Å². The van der Waals surface area contributed by atoms with E-state index in [4.69, 9.17) is 5.73 Å². The van der Waals surface area contributed by atoms with Gasteiger partial charge in [0.1, 0.15) is 0 Å². The maximum Gasteiger partial charge on any atom is 0.0468 e. The number of benzene rings is 5. The molecule has 5 aromatic carbocycles. The molecule has 0 aliphatic heterocycles. The lowest BCUT2D eigenvalue weighted by Crippen LogP contribution is -2.10. The molecule has 0 aliphatic rings. The van der Waals surface area contributed by atoms with Crippen LogP contribution in [0.3, 0.4) is 0 Å². The zero-order valence-corrected chi connectivity index (χ0v) is 18.6. The van der Waals surface area contributed by atoms with Gasteiger partial charge >= 0.3 is 0 Å². The highest BCUT2D eigenvalue weighted by atomic mass is 15.1. The number of nitrogens with two attached hydrogens (primary N) is 1. The molecule has 0 atom stereocenters. The van der Waals surface area contributed by atoms with Gasteiger partial charge in [-0.2, -0.15) is 0 Å². The minimum atomic E-state index is 0.770. The summed E-state index contributed by atoms with van der Waals surface area (Å²) in [7, 11) is 0. The van der Waals surface area contributed by atoms with Gasteiger partial charge in [-0.3, -0.25) is 0 Å². The number of para-hydroxylation sites is 2. The van der Waals surface area contributed by atoms with Crippen molar-refractivity contribution in [3.63, 3.8) is 0 Å². The van der Waals surface area contributed by atoms with Crippen LogP contribution in [-0.4, -0.2) is 0 Å². The van der Waals surface area contributed by atoms with Crippen molar-refractivity contribution in [1.29, 1.82) is 0 Å². The van der Waals surface area contributed by atoms with E-state index >= 15 is 0 Å². The van der Waals surface area contributed by atoms with Gasteiger partial charge in [0.2, 0.25) is 0 Å². The number of nitrogen functional groups attached to an aromatic ring is 1. The molecule has 2 N–H and O–H groups in total. The molecule has 0 saturated heterocycles. The number of nitrogens with zero attached hydrogens (tertiary/aromatic N) is 1. The van der Waals surface area contributed by atoms with Crippen LogP contribution in [0.25, 0.3) is 22.3 Å². The van der Waals surface area contributed by atoms with E-state index < -0.39 is 0 Å². The van der Waals surface area contributed by atoms with Gasteiger partial charge in [0.15, 0.2) is 0 Å². The molecule has 0 fully saturated rings. The highest BCUT2D eigenvalue weighted by molar-refractivity contribution is 5.89. The molecule has 0 aliphatic carbocycles. The Hall–Kier alpha value is -4.30. The van der Waals surface area contributed by atoms with Gasteiger partial charge in [-0.1, -0.05) is 84.4 Å². The van der Waals surface area contributed by atoms with Gasteiger partial charge in [0.25, 0.3) is 0 Å². The van der Waals surface area contributed by atoms with E-state index in [9.17, 15) is 0 Å². The molecule has 0 unspecified atom stereocenters. The molecule has 0 aromatic heterocycles. The van der Waals surface area contributed by atoms with Crippen LogP contribution >= 0.6 is 0 Å². The molecule has 2 nitrogen and oxygen atoms in total. The van der Waals surface area contributed by atoms with E-state index in [1.165, 1.54) is 22.3 Å². The lowest BCUT2D eigenvalue weighted by atomic mass is 9.93. The van der Waals surface area contributed by atoms with Gasteiger partial charge in [0, 0.05) is 22.7 Å². The summed E-state index contributed by atoms with van der Waals surface area (Å²) in [5.41, 5.74) is 16.1. The molecule has 2 heteroatoms. The second-order valence-corrected chi connectivity index (χ2v) is 8.23. The topological polar surface area (TPSA) is 29.3 Å². The molecule has 0 spiro atoms. The standard InChI is InChI=1S/C31H26N2/c1-23-9-8-10-25(21-23)31-22-29(19-20-30(31)24-15-17-26(32)18-16-24)33(27-11-4-2-5-12-27)28-13-6-3-7-14-28/h2-22H,32H2,1H3. The molecule has 5 aromatic rings. The van der Waals surface area contributed by atoms with Crippen molar-refractivity contribution in [3.8, 4) is 22.3 Å². The van der Waals surface area contributed by atoms with E-state index in [0.29, 0.717) is 0 Å². The predicted octanol–water partition coefficient (Wildman–Crippen LogP) is 8.38. The first-order chi connectivity index (χ1) is 16.2. The highest BCUT2D eigenvalue weighted by Crippen LogP contribution is 2.40. The fourth-order valence-electron chi connectivity index (χ4n) is 4.24. The van der Waals surface area contributed by atoms with Crippen LogP contribution in [-0.2, 0) is 0 Å². The van der Waals surface area contributed by atoms with Crippen molar-refractivity contribution in [2.45, 2.75) is 6.92 Å². The van der Waals surface area contributed by atoms with Crippen molar-refractivity contribution in [2.24, 2.45) is 0 Å². The first kappa shape index (κ1) is 20.6. The molecular formula is C31H26N2. The largest absolute Gasteiger partial charge is 0.399 e. The average Bonchev–Trinajstić information content (AvgIpc) is 2.86. The van der Waals surface area contributed by atoms with Crippen LogP contribution in [0.4, 0.5) is 22.7 Å². The molecule has 0 saturated carbocycles. The monoisotopic (exact) mass is 426 g/mol. The number of rotatable bonds is 5. The van der Waals surface area contributed by atoms with Crippen LogP contribution in [0.5, 0.6) is 0 Å². The highest BCUT2D eigenvalue weighted by Gasteiger charge is 2.16. The fraction of sp³-hybridized carbons (Fsp3) is 0.0323. The Morgan fingerprint density at radius 1 is 0.485 bits per heavy atom. The van der Waals surface area contributed by atoms with Crippen LogP contribution in [0.2, 0.25) is 0 Å². The lowest BCUT2D eigenvalue weighted by Gasteiger charge is -2.26. The SMILES string of the molecule is Cc1cccc(-c2cc(N(c3ccccc3)c3ccccc3)ccc2-c2ccc(N)cc2)c1. The van der Waals surface area contributed by atoms with Crippen LogP contribution in [0.1, 0.15) is 5.56 Å². The Morgan fingerprint density at radius 3 is 1.73 bits per heavy atom. The third-order valence-corrected chi connectivity index (χ3v) is 5.84. The third kappa shape index (κ3) is 4.37. The first-order valence-corrected chi connectivity index (χ1v) is 11.2. The zero-order valence-electron chi connectivity index (χ0n) is 18.6. The van der Waals surface area contributed by atoms with Crippen LogP contribution < -0.4 is 10.6 Å². The van der Waals surface area contributed by atoms with Gasteiger partial charge in [-0.25, -0.2) is 0 Å². The molecule has 0 radical (unpaired) electrons. The summed E-state index contributed by atoms with van der Waals surface area (Å²) in [4.78, 5) is 2.30. The van der Waals surface area contributed by atoms with Gasteiger partial charge in [-0.15, -0.1) is 0 Å².